The lowest BCUT2D eigenvalue weighted by molar-refractivity contribution is -0.116. The van der Waals surface area contributed by atoms with Gasteiger partial charge in [-0.15, -0.1) is 0 Å². The Balaban J connectivity index is 2.21. The van der Waals surface area contributed by atoms with Crippen LogP contribution in [-0.4, -0.2) is 34.8 Å². The Morgan fingerprint density at radius 2 is 2.07 bits per heavy atom. The Bertz CT molecular complexity index is 414. The molecule has 1 aliphatic heterocycles. The third-order valence-corrected chi connectivity index (χ3v) is 2.45. The maximum absolute atomic E-state index is 11.8. The molecule has 1 heterocycles. The molecule has 0 aromatic heterocycles. The van der Waals surface area contributed by atoms with Crippen LogP contribution < -0.4 is 0 Å². The number of ketones is 1. The van der Waals surface area contributed by atoms with Gasteiger partial charge in [0, 0.05) is 13.0 Å². The molecule has 1 aromatic rings. The van der Waals surface area contributed by atoms with Gasteiger partial charge in [-0.3, -0.25) is 9.59 Å². The van der Waals surface area contributed by atoms with Gasteiger partial charge in [0.2, 0.25) is 0 Å². The van der Waals surface area contributed by atoms with Crippen LogP contribution in [0.2, 0.25) is 0 Å². The summed E-state index contributed by atoms with van der Waals surface area (Å²) in [4.78, 5) is 24.3. The summed E-state index contributed by atoms with van der Waals surface area (Å²) < 4.78 is 0. The van der Waals surface area contributed by atoms with Crippen LogP contribution in [0.25, 0.3) is 0 Å². The van der Waals surface area contributed by atoms with E-state index in [0.29, 0.717) is 13.0 Å². The zero-order chi connectivity index (χ0) is 10.8. The molecule has 0 bridgehead atoms. The number of hydrogen-bond donors (Lipinski definition) is 1. The number of para-hydroxylation sites is 1. The van der Waals surface area contributed by atoms with Crippen LogP contribution in [0, 0.1) is 0 Å². The summed E-state index contributed by atoms with van der Waals surface area (Å²) in [5.74, 6) is -0.250. The van der Waals surface area contributed by atoms with Gasteiger partial charge in [-0.25, -0.2) is 0 Å². The number of benzene rings is 1. The largest absolute Gasteiger partial charge is 0.507 e. The first kappa shape index (κ1) is 9.71. The fourth-order valence-corrected chi connectivity index (χ4v) is 1.63. The lowest BCUT2D eigenvalue weighted by atomic mass is 10.2. The molecule has 15 heavy (non-hydrogen) atoms. The number of hydrogen-bond acceptors (Lipinski definition) is 3. The second-order valence-electron chi connectivity index (χ2n) is 3.53. The molecule has 1 aromatic carbocycles. The number of Topliss-reactive ketones (excluding diaryl/α,β-unsaturated/α-hetero) is 1. The second-order valence-corrected chi connectivity index (χ2v) is 3.53. The van der Waals surface area contributed by atoms with Crippen molar-refractivity contribution in [1.82, 2.24) is 4.90 Å². The monoisotopic (exact) mass is 205 g/mol. The molecular weight excluding hydrogens is 194 g/mol. The van der Waals surface area contributed by atoms with Crippen LogP contribution in [0.3, 0.4) is 0 Å². The SMILES string of the molecule is O=C1CCN(C(=O)c2ccccc2O)C1. The lowest BCUT2D eigenvalue weighted by Crippen LogP contribution is -2.28. The van der Waals surface area contributed by atoms with Gasteiger partial charge < -0.3 is 10.0 Å². The molecule has 1 N–H and O–H groups in total. The number of aromatic hydroxyl groups is 1. The number of nitrogens with zero attached hydrogens (tertiary/aromatic N) is 1. The van der Waals surface area contributed by atoms with E-state index in [-0.39, 0.29) is 29.5 Å². The van der Waals surface area contributed by atoms with E-state index in [2.05, 4.69) is 0 Å². The first-order valence-corrected chi connectivity index (χ1v) is 4.77. The van der Waals surface area contributed by atoms with Crippen molar-refractivity contribution in [3.8, 4) is 5.75 Å². The molecule has 4 nitrogen and oxygen atoms in total. The maximum atomic E-state index is 11.8. The topological polar surface area (TPSA) is 57.6 Å². The average molecular weight is 205 g/mol. The Kier molecular flexibility index (Phi) is 2.41. The van der Waals surface area contributed by atoms with Gasteiger partial charge in [0.15, 0.2) is 5.78 Å². The van der Waals surface area contributed by atoms with Crippen molar-refractivity contribution in [2.75, 3.05) is 13.1 Å². The highest BCUT2D eigenvalue weighted by Crippen LogP contribution is 2.19. The van der Waals surface area contributed by atoms with E-state index in [1.54, 1.807) is 18.2 Å². The predicted octanol–water partition coefficient (Wildman–Crippen LogP) is 0.807. The highest BCUT2D eigenvalue weighted by atomic mass is 16.3. The van der Waals surface area contributed by atoms with Crippen LogP contribution in [0.1, 0.15) is 16.8 Å². The van der Waals surface area contributed by atoms with Crippen LogP contribution in [0.5, 0.6) is 5.75 Å². The fraction of sp³-hybridized carbons (Fsp3) is 0.273. The molecule has 0 saturated carbocycles. The van der Waals surface area contributed by atoms with E-state index in [1.165, 1.54) is 11.0 Å². The number of rotatable bonds is 1. The van der Waals surface area contributed by atoms with E-state index in [4.69, 9.17) is 0 Å². The fourth-order valence-electron chi connectivity index (χ4n) is 1.63. The number of phenolic OH excluding ortho intramolecular Hbond substituents is 1. The quantitative estimate of drug-likeness (QED) is 0.738. The first-order valence-electron chi connectivity index (χ1n) is 4.77. The third-order valence-electron chi connectivity index (χ3n) is 2.45. The van der Waals surface area contributed by atoms with Crippen molar-refractivity contribution in [3.05, 3.63) is 29.8 Å². The molecule has 0 atom stereocenters. The van der Waals surface area contributed by atoms with Crippen molar-refractivity contribution in [1.29, 1.82) is 0 Å². The van der Waals surface area contributed by atoms with Crippen molar-refractivity contribution in [3.63, 3.8) is 0 Å². The minimum absolute atomic E-state index is 0.0400. The van der Waals surface area contributed by atoms with Gasteiger partial charge >= 0.3 is 0 Å². The normalized spacial score (nSPS) is 15.7. The van der Waals surface area contributed by atoms with Gasteiger partial charge in [0.05, 0.1) is 12.1 Å². The van der Waals surface area contributed by atoms with Gasteiger partial charge in [0.1, 0.15) is 5.75 Å². The summed E-state index contributed by atoms with van der Waals surface area (Å²) >= 11 is 0. The zero-order valence-electron chi connectivity index (χ0n) is 8.14. The Hall–Kier alpha value is -1.84. The van der Waals surface area contributed by atoms with E-state index in [1.807, 2.05) is 0 Å². The number of carbonyl (C=O) groups excluding carboxylic acids is 2. The molecule has 0 aliphatic carbocycles. The molecule has 1 aliphatic rings. The average Bonchev–Trinajstić information content (AvgIpc) is 2.65. The maximum Gasteiger partial charge on any atom is 0.258 e. The highest BCUT2D eigenvalue weighted by Gasteiger charge is 2.25. The Morgan fingerprint density at radius 1 is 1.33 bits per heavy atom. The molecule has 1 amide bonds. The number of likely N-dealkylation sites (tertiary alicyclic amines) is 1. The summed E-state index contributed by atoms with van der Waals surface area (Å²) in [6.07, 6.45) is 0.416. The molecular formula is C11H11NO3. The van der Waals surface area contributed by atoms with E-state index >= 15 is 0 Å². The van der Waals surface area contributed by atoms with E-state index in [9.17, 15) is 14.7 Å². The minimum Gasteiger partial charge on any atom is -0.507 e. The van der Waals surface area contributed by atoms with Gasteiger partial charge in [-0.2, -0.15) is 0 Å². The Morgan fingerprint density at radius 3 is 2.67 bits per heavy atom. The smallest absolute Gasteiger partial charge is 0.258 e. The highest BCUT2D eigenvalue weighted by molar-refractivity contribution is 6.00. The second kappa shape index (κ2) is 3.73. The van der Waals surface area contributed by atoms with Crippen molar-refractivity contribution < 1.29 is 14.7 Å². The summed E-state index contributed by atoms with van der Waals surface area (Å²) in [6, 6.07) is 6.36. The summed E-state index contributed by atoms with van der Waals surface area (Å²) in [7, 11) is 0. The zero-order valence-corrected chi connectivity index (χ0v) is 8.14. The Labute approximate surface area is 87.1 Å². The summed E-state index contributed by atoms with van der Waals surface area (Å²) in [5.41, 5.74) is 0.257. The number of amides is 1. The first-order chi connectivity index (χ1) is 7.18. The van der Waals surface area contributed by atoms with Crippen LogP contribution >= 0.6 is 0 Å². The minimum atomic E-state index is -0.279. The van der Waals surface area contributed by atoms with Crippen molar-refractivity contribution >= 4 is 11.7 Å². The molecule has 0 radical (unpaired) electrons. The van der Waals surface area contributed by atoms with Crippen LogP contribution in [0.4, 0.5) is 0 Å². The number of carbonyl (C=O) groups is 2. The van der Waals surface area contributed by atoms with Crippen LogP contribution in [-0.2, 0) is 4.79 Å². The lowest BCUT2D eigenvalue weighted by Gasteiger charge is -2.14. The molecule has 0 spiro atoms. The predicted molar refractivity (Wildman–Crippen MR) is 53.6 cm³/mol. The van der Waals surface area contributed by atoms with Crippen LogP contribution in [0.15, 0.2) is 24.3 Å². The molecule has 1 fully saturated rings. The van der Waals surface area contributed by atoms with E-state index < -0.39 is 0 Å². The number of phenols is 1. The molecule has 78 valence electrons. The molecule has 0 unspecified atom stereocenters. The third kappa shape index (κ3) is 1.83. The van der Waals surface area contributed by atoms with Gasteiger partial charge in [-0.1, -0.05) is 12.1 Å². The standard InChI is InChI=1S/C11H11NO3/c13-8-5-6-12(7-8)11(15)9-3-1-2-4-10(9)14/h1-4,14H,5-7H2. The molecule has 1 saturated heterocycles. The van der Waals surface area contributed by atoms with Gasteiger partial charge in [-0.05, 0) is 12.1 Å². The van der Waals surface area contributed by atoms with Crippen molar-refractivity contribution in [2.45, 2.75) is 6.42 Å². The van der Waals surface area contributed by atoms with Crippen molar-refractivity contribution in [2.24, 2.45) is 0 Å². The summed E-state index contributed by atoms with van der Waals surface area (Å²) in [5, 5.41) is 9.47. The van der Waals surface area contributed by atoms with E-state index in [0.717, 1.165) is 0 Å². The van der Waals surface area contributed by atoms with Gasteiger partial charge in [0.25, 0.3) is 5.91 Å². The molecule has 2 rings (SSSR count). The summed E-state index contributed by atoms with van der Waals surface area (Å²) in [6.45, 7) is 0.610. The molecule has 4 heteroatoms.